The molecule has 0 N–H and O–H groups in total. The first-order chi connectivity index (χ1) is 14.9. The van der Waals surface area contributed by atoms with Gasteiger partial charge in [-0.3, -0.25) is 9.10 Å². The highest BCUT2D eigenvalue weighted by Gasteiger charge is 2.33. The van der Waals surface area contributed by atoms with Crippen molar-refractivity contribution in [3.8, 4) is 0 Å². The summed E-state index contributed by atoms with van der Waals surface area (Å²) in [6.45, 7) is 5.38. The van der Waals surface area contributed by atoms with Gasteiger partial charge < -0.3 is 9.42 Å². The zero-order valence-corrected chi connectivity index (χ0v) is 20.2. The van der Waals surface area contributed by atoms with Gasteiger partial charge in [0.1, 0.15) is 17.1 Å². The molecule has 1 aliphatic rings. The molecule has 32 heavy (non-hydrogen) atoms. The third-order valence-electron chi connectivity index (χ3n) is 5.44. The number of benzene rings is 1. The van der Waals surface area contributed by atoms with Crippen LogP contribution in [0.2, 0.25) is 0 Å². The van der Waals surface area contributed by atoms with Crippen LogP contribution in [0.5, 0.6) is 0 Å². The summed E-state index contributed by atoms with van der Waals surface area (Å²) in [4.78, 5) is 14.6. The molecule has 0 unspecified atom stereocenters. The van der Waals surface area contributed by atoms with Crippen molar-refractivity contribution >= 4 is 31.6 Å². The van der Waals surface area contributed by atoms with Gasteiger partial charge in [-0.2, -0.15) is 4.31 Å². The number of hydrogen-bond acceptors (Lipinski definition) is 7. The summed E-state index contributed by atoms with van der Waals surface area (Å²) in [6.07, 6.45) is 1.49. The predicted octanol–water partition coefficient (Wildman–Crippen LogP) is 1.29. The highest BCUT2D eigenvalue weighted by atomic mass is 32.2. The molecule has 0 bridgehead atoms. The van der Waals surface area contributed by atoms with Gasteiger partial charge >= 0.3 is 0 Å². The summed E-state index contributed by atoms with van der Waals surface area (Å²) in [5, 5.41) is 3.73. The molecule has 176 valence electrons. The molecule has 0 aliphatic carbocycles. The lowest BCUT2D eigenvalue weighted by molar-refractivity contribution is -0.129. The maximum Gasteiger partial charge on any atom is 0.248 e. The summed E-state index contributed by atoms with van der Waals surface area (Å²) >= 11 is 0. The summed E-state index contributed by atoms with van der Waals surface area (Å²) in [5.41, 5.74) is 1.47. The second kappa shape index (κ2) is 9.20. The number of aromatic nitrogens is 1. The van der Waals surface area contributed by atoms with Crippen LogP contribution < -0.4 is 4.31 Å². The fraction of sp³-hybridized carbons (Fsp3) is 0.500. The largest absolute Gasteiger partial charge is 0.360 e. The summed E-state index contributed by atoms with van der Waals surface area (Å²) in [7, 11) is -7.51. The number of nitrogens with zero attached hydrogens (tertiary/aromatic N) is 4. The van der Waals surface area contributed by atoms with Crippen LogP contribution in [-0.2, 0) is 24.8 Å². The molecule has 2 heterocycles. The van der Waals surface area contributed by atoms with Crippen molar-refractivity contribution in [2.75, 3.05) is 43.3 Å². The maximum absolute atomic E-state index is 13.1. The number of aryl methyl sites for hydroxylation is 3. The first-order valence-electron chi connectivity index (χ1n) is 10.2. The molecule has 1 aromatic carbocycles. The quantitative estimate of drug-likeness (QED) is 0.606. The van der Waals surface area contributed by atoms with Crippen LogP contribution in [0.4, 0.5) is 5.69 Å². The Morgan fingerprint density at radius 2 is 1.75 bits per heavy atom. The van der Waals surface area contributed by atoms with Crippen LogP contribution in [0.15, 0.2) is 33.7 Å². The van der Waals surface area contributed by atoms with E-state index in [1.165, 1.54) is 9.21 Å². The zero-order chi connectivity index (χ0) is 23.7. The molecular formula is C20H28N4O6S2. The first kappa shape index (κ1) is 24.2. The van der Waals surface area contributed by atoms with Crippen molar-refractivity contribution in [1.29, 1.82) is 0 Å². The summed E-state index contributed by atoms with van der Waals surface area (Å²) in [5.74, 6) is -0.156. The van der Waals surface area contributed by atoms with E-state index in [-0.39, 0.29) is 42.7 Å². The number of carbonyl (C=O) groups is 1. The lowest BCUT2D eigenvalue weighted by Crippen LogP contribution is -2.44. The lowest BCUT2D eigenvalue weighted by atomic mass is 10.2. The molecule has 10 nitrogen and oxygen atoms in total. The number of hydrogen-bond donors (Lipinski definition) is 0. The van der Waals surface area contributed by atoms with E-state index in [1.54, 1.807) is 45.0 Å². The fourth-order valence-electron chi connectivity index (χ4n) is 3.80. The first-order valence-corrected chi connectivity index (χ1v) is 13.5. The Bertz CT molecular complexity index is 1190. The molecule has 1 aliphatic heterocycles. The monoisotopic (exact) mass is 484 g/mol. The van der Waals surface area contributed by atoms with E-state index in [2.05, 4.69) is 5.16 Å². The second-order valence-corrected chi connectivity index (χ2v) is 11.6. The SMILES string of the molecule is Cc1ccccc1N(CC(=O)N1CCCN(S(=O)(=O)c2c(C)noc2C)CC1)S(C)(=O)=O. The number of sulfonamides is 2. The molecule has 1 amide bonds. The Labute approximate surface area is 188 Å². The number of anilines is 1. The van der Waals surface area contributed by atoms with Crippen LogP contribution in [-0.4, -0.2) is 76.1 Å². The molecule has 0 spiro atoms. The highest BCUT2D eigenvalue weighted by molar-refractivity contribution is 7.92. The molecule has 2 aromatic rings. The third-order valence-corrected chi connectivity index (χ3v) is 8.71. The van der Waals surface area contributed by atoms with Crippen LogP contribution in [0.25, 0.3) is 0 Å². The van der Waals surface area contributed by atoms with Crippen LogP contribution in [0.3, 0.4) is 0 Å². The van der Waals surface area contributed by atoms with Crippen LogP contribution >= 0.6 is 0 Å². The molecular weight excluding hydrogens is 456 g/mol. The fourth-order valence-corrected chi connectivity index (χ4v) is 6.47. The molecule has 3 rings (SSSR count). The molecule has 0 radical (unpaired) electrons. The lowest BCUT2D eigenvalue weighted by Gasteiger charge is -2.27. The highest BCUT2D eigenvalue weighted by Crippen LogP contribution is 2.25. The number of rotatable bonds is 6. The molecule has 1 saturated heterocycles. The Morgan fingerprint density at radius 1 is 1.06 bits per heavy atom. The van der Waals surface area contributed by atoms with Gasteiger partial charge in [0, 0.05) is 26.2 Å². The number of para-hydroxylation sites is 1. The Morgan fingerprint density at radius 3 is 2.34 bits per heavy atom. The van der Waals surface area contributed by atoms with E-state index in [4.69, 9.17) is 4.52 Å². The van der Waals surface area contributed by atoms with Gasteiger partial charge in [0.05, 0.1) is 11.9 Å². The minimum absolute atomic E-state index is 0.0556. The van der Waals surface area contributed by atoms with Crippen LogP contribution in [0, 0.1) is 20.8 Å². The normalized spacial score (nSPS) is 16.1. The van der Waals surface area contributed by atoms with Crippen molar-refractivity contribution in [1.82, 2.24) is 14.4 Å². The average molecular weight is 485 g/mol. The van der Waals surface area contributed by atoms with Crippen LogP contribution in [0.1, 0.15) is 23.4 Å². The van der Waals surface area contributed by atoms with Gasteiger partial charge in [-0.1, -0.05) is 23.4 Å². The molecule has 0 atom stereocenters. The van der Waals surface area contributed by atoms with Gasteiger partial charge in [0.25, 0.3) is 0 Å². The molecule has 12 heteroatoms. The van der Waals surface area contributed by atoms with E-state index < -0.39 is 20.0 Å². The van der Waals surface area contributed by atoms with Gasteiger partial charge in [0.2, 0.25) is 26.0 Å². The summed E-state index contributed by atoms with van der Waals surface area (Å²) < 4.78 is 58.4. The Balaban J connectivity index is 1.76. The van der Waals surface area contributed by atoms with Gasteiger partial charge in [0.15, 0.2) is 5.76 Å². The average Bonchev–Trinajstić information content (AvgIpc) is 2.91. The van der Waals surface area contributed by atoms with E-state index in [9.17, 15) is 21.6 Å². The maximum atomic E-state index is 13.1. The van der Waals surface area contributed by atoms with E-state index in [0.717, 1.165) is 16.1 Å². The number of amides is 1. The third kappa shape index (κ3) is 4.97. The smallest absolute Gasteiger partial charge is 0.248 e. The van der Waals surface area contributed by atoms with Crippen molar-refractivity contribution in [2.45, 2.75) is 32.1 Å². The van der Waals surface area contributed by atoms with Crippen molar-refractivity contribution in [3.63, 3.8) is 0 Å². The molecule has 1 aromatic heterocycles. The minimum Gasteiger partial charge on any atom is -0.360 e. The van der Waals surface area contributed by atoms with E-state index in [1.807, 2.05) is 0 Å². The standard InChI is InChI=1S/C20H28N4O6S2/c1-15-8-5-6-9-18(15)24(31(4,26)27)14-19(25)22-10-7-11-23(13-12-22)32(28,29)20-16(2)21-30-17(20)3/h5-6,8-9H,7,10-14H2,1-4H3. The Kier molecular flexibility index (Phi) is 6.96. The zero-order valence-electron chi connectivity index (χ0n) is 18.6. The van der Waals surface area contributed by atoms with E-state index >= 15 is 0 Å². The van der Waals surface area contributed by atoms with Crippen molar-refractivity contribution in [2.24, 2.45) is 0 Å². The van der Waals surface area contributed by atoms with Gasteiger partial charge in [-0.15, -0.1) is 0 Å². The van der Waals surface area contributed by atoms with Crippen molar-refractivity contribution in [3.05, 3.63) is 41.3 Å². The predicted molar refractivity (Wildman–Crippen MR) is 119 cm³/mol. The summed E-state index contributed by atoms with van der Waals surface area (Å²) in [6, 6.07) is 6.95. The molecule has 0 saturated carbocycles. The van der Waals surface area contributed by atoms with Gasteiger partial charge in [-0.05, 0) is 38.8 Å². The number of carbonyl (C=O) groups excluding carboxylic acids is 1. The van der Waals surface area contributed by atoms with Crippen molar-refractivity contribution < 1.29 is 26.2 Å². The topological polar surface area (TPSA) is 121 Å². The molecule has 1 fully saturated rings. The Hall–Kier alpha value is -2.44. The minimum atomic E-state index is -3.81. The van der Waals surface area contributed by atoms with E-state index in [0.29, 0.717) is 24.3 Å². The van der Waals surface area contributed by atoms with Gasteiger partial charge in [-0.25, -0.2) is 16.8 Å². The second-order valence-electron chi connectivity index (χ2n) is 7.85.